The average molecular weight is 347 g/mol. The molecule has 0 heterocycles. The van der Waals surface area contributed by atoms with Crippen molar-refractivity contribution < 1.29 is 19.5 Å². The van der Waals surface area contributed by atoms with Gasteiger partial charge in [-0.05, 0) is 18.4 Å². The molecule has 0 unspecified atom stereocenters. The number of hydrogen-bond donors (Lipinski definition) is 3. The maximum atomic E-state index is 12.0. The molecule has 1 saturated carbocycles. The van der Waals surface area contributed by atoms with E-state index in [1.54, 1.807) is 11.9 Å². The average Bonchev–Trinajstić information content (AvgIpc) is 3.04. The molecular weight excluding hydrogens is 322 g/mol. The molecule has 3 amide bonds. The van der Waals surface area contributed by atoms with Gasteiger partial charge in [0, 0.05) is 32.6 Å². The second-order valence-electron chi connectivity index (χ2n) is 6.37. The summed E-state index contributed by atoms with van der Waals surface area (Å²) in [6.07, 6.45) is 2.23. The van der Waals surface area contributed by atoms with E-state index in [1.807, 2.05) is 30.3 Å². The van der Waals surface area contributed by atoms with Gasteiger partial charge in [0.05, 0.1) is 5.92 Å². The number of urea groups is 1. The standard InChI is InChI=1S/C18H25N3O4/c1-21(12-13-6-3-2-4-7-13)18(25)19-11-10-16(22)20-15-9-5-8-14(15)17(23)24/h2-4,6-7,14-15H,5,8-12H2,1H3,(H,19,25)(H,20,22)(H,23,24)/t14-,15+/m0/s1. The van der Waals surface area contributed by atoms with E-state index >= 15 is 0 Å². The predicted octanol–water partition coefficient (Wildman–Crippen LogP) is 1.59. The first-order valence-corrected chi connectivity index (χ1v) is 8.52. The molecule has 0 bridgehead atoms. The zero-order valence-electron chi connectivity index (χ0n) is 14.4. The summed E-state index contributed by atoms with van der Waals surface area (Å²) in [5.41, 5.74) is 1.03. The summed E-state index contributed by atoms with van der Waals surface area (Å²) in [6, 6.07) is 9.08. The van der Waals surface area contributed by atoms with E-state index in [4.69, 9.17) is 5.11 Å². The van der Waals surface area contributed by atoms with Gasteiger partial charge in [-0.25, -0.2) is 4.79 Å². The highest BCUT2D eigenvalue weighted by Gasteiger charge is 2.33. The number of carbonyl (C=O) groups excluding carboxylic acids is 2. The van der Waals surface area contributed by atoms with E-state index in [0.29, 0.717) is 19.4 Å². The first kappa shape index (κ1) is 18.8. The lowest BCUT2D eigenvalue weighted by molar-refractivity contribution is -0.142. The minimum absolute atomic E-state index is 0.133. The maximum Gasteiger partial charge on any atom is 0.317 e. The van der Waals surface area contributed by atoms with Gasteiger partial charge in [0.1, 0.15) is 0 Å². The van der Waals surface area contributed by atoms with Crippen molar-refractivity contribution in [2.45, 2.75) is 38.3 Å². The van der Waals surface area contributed by atoms with Crippen molar-refractivity contribution in [1.82, 2.24) is 15.5 Å². The van der Waals surface area contributed by atoms with Crippen LogP contribution in [0.15, 0.2) is 30.3 Å². The molecule has 1 aliphatic carbocycles. The van der Waals surface area contributed by atoms with Crippen LogP contribution in [0.25, 0.3) is 0 Å². The Morgan fingerprint density at radius 1 is 1.20 bits per heavy atom. The summed E-state index contributed by atoms with van der Waals surface area (Å²) in [4.78, 5) is 36.6. The molecule has 7 nitrogen and oxygen atoms in total. The Hall–Kier alpha value is -2.57. The van der Waals surface area contributed by atoms with E-state index in [9.17, 15) is 14.4 Å². The SMILES string of the molecule is CN(Cc1ccccc1)C(=O)NCCC(=O)N[C@@H]1CCC[C@@H]1C(=O)O. The zero-order valence-corrected chi connectivity index (χ0v) is 14.4. The van der Waals surface area contributed by atoms with Gasteiger partial charge in [-0.3, -0.25) is 9.59 Å². The smallest absolute Gasteiger partial charge is 0.317 e. The Morgan fingerprint density at radius 2 is 1.92 bits per heavy atom. The summed E-state index contributed by atoms with van der Waals surface area (Å²) in [6.45, 7) is 0.704. The first-order chi connectivity index (χ1) is 12.0. The number of hydrogen-bond acceptors (Lipinski definition) is 3. The maximum absolute atomic E-state index is 12.0. The van der Waals surface area contributed by atoms with E-state index < -0.39 is 11.9 Å². The van der Waals surface area contributed by atoms with Crippen molar-refractivity contribution in [3.63, 3.8) is 0 Å². The van der Waals surface area contributed by atoms with Gasteiger partial charge in [0.15, 0.2) is 0 Å². The zero-order chi connectivity index (χ0) is 18.2. The lowest BCUT2D eigenvalue weighted by Crippen LogP contribution is -2.42. The molecule has 0 saturated heterocycles. The highest BCUT2D eigenvalue weighted by Crippen LogP contribution is 2.25. The van der Waals surface area contributed by atoms with E-state index in [1.165, 1.54) is 0 Å². The monoisotopic (exact) mass is 347 g/mol. The topological polar surface area (TPSA) is 98.7 Å². The summed E-state index contributed by atoms with van der Waals surface area (Å²) < 4.78 is 0. The van der Waals surface area contributed by atoms with Crippen molar-refractivity contribution in [1.29, 1.82) is 0 Å². The molecule has 25 heavy (non-hydrogen) atoms. The van der Waals surface area contributed by atoms with Crippen LogP contribution in [-0.4, -0.2) is 47.5 Å². The van der Waals surface area contributed by atoms with Crippen LogP contribution in [0.5, 0.6) is 0 Å². The first-order valence-electron chi connectivity index (χ1n) is 8.52. The number of carboxylic acid groups (broad SMARTS) is 1. The largest absolute Gasteiger partial charge is 0.481 e. The van der Waals surface area contributed by atoms with E-state index in [-0.39, 0.29) is 30.9 Å². The number of benzene rings is 1. The third-order valence-corrected chi connectivity index (χ3v) is 4.42. The normalized spacial score (nSPS) is 19.2. The molecule has 7 heteroatoms. The quantitative estimate of drug-likeness (QED) is 0.697. The van der Waals surface area contributed by atoms with Gasteiger partial charge in [-0.2, -0.15) is 0 Å². The number of nitrogens with zero attached hydrogens (tertiary/aromatic N) is 1. The molecule has 0 aromatic heterocycles. The van der Waals surface area contributed by atoms with Crippen LogP contribution in [-0.2, 0) is 16.1 Å². The van der Waals surface area contributed by atoms with Crippen LogP contribution >= 0.6 is 0 Å². The lowest BCUT2D eigenvalue weighted by Gasteiger charge is -2.19. The van der Waals surface area contributed by atoms with Gasteiger partial charge in [-0.15, -0.1) is 0 Å². The number of carbonyl (C=O) groups is 3. The number of carboxylic acids is 1. The second kappa shape index (κ2) is 9.05. The molecule has 1 aromatic carbocycles. The van der Waals surface area contributed by atoms with Crippen LogP contribution in [0, 0.1) is 5.92 Å². The molecule has 1 fully saturated rings. The Labute approximate surface area is 147 Å². The Kier molecular flexibility index (Phi) is 6.80. The fourth-order valence-corrected chi connectivity index (χ4v) is 3.05. The molecule has 1 aliphatic rings. The van der Waals surface area contributed by atoms with Crippen LogP contribution in [0.3, 0.4) is 0 Å². The lowest BCUT2D eigenvalue weighted by atomic mass is 10.0. The second-order valence-corrected chi connectivity index (χ2v) is 6.37. The summed E-state index contributed by atoms with van der Waals surface area (Å²) in [7, 11) is 1.69. The van der Waals surface area contributed by atoms with Crippen molar-refractivity contribution in [2.24, 2.45) is 5.92 Å². The highest BCUT2D eigenvalue weighted by molar-refractivity contribution is 5.79. The van der Waals surface area contributed by atoms with Crippen LogP contribution in [0.1, 0.15) is 31.2 Å². The van der Waals surface area contributed by atoms with Gasteiger partial charge in [0.2, 0.25) is 5.91 Å². The molecule has 2 rings (SSSR count). The summed E-state index contributed by atoms with van der Waals surface area (Å²) >= 11 is 0. The molecule has 0 spiro atoms. The van der Waals surface area contributed by atoms with Gasteiger partial charge >= 0.3 is 12.0 Å². The summed E-state index contributed by atoms with van der Waals surface area (Å²) in [5, 5.41) is 14.6. The summed E-state index contributed by atoms with van der Waals surface area (Å²) in [5.74, 6) is -1.60. The molecule has 3 N–H and O–H groups in total. The van der Waals surface area contributed by atoms with Crippen molar-refractivity contribution in [3.05, 3.63) is 35.9 Å². The minimum atomic E-state index is -0.862. The fourth-order valence-electron chi connectivity index (χ4n) is 3.05. The molecule has 2 atom stereocenters. The number of nitrogens with one attached hydrogen (secondary N) is 2. The number of amides is 3. The van der Waals surface area contributed by atoms with Crippen LogP contribution in [0.2, 0.25) is 0 Å². The van der Waals surface area contributed by atoms with Crippen LogP contribution in [0.4, 0.5) is 4.79 Å². The van der Waals surface area contributed by atoms with Gasteiger partial charge in [-0.1, -0.05) is 36.8 Å². The molecule has 136 valence electrons. The van der Waals surface area contributed by atoms with Gasteiger partial charge in [0.25, 0.3) is 0 Å². The number of rotatable bonds is 7. The molecule has 0 aliphatic heterocycles. The fraction of sp³-hybridized carbons (Fsp3) is 0.500. The Bertz CT molecular complexity index is 606. The van der Waals surface area contributed by atoms with E-state index in [2.05, 4.69) is 10.6 Å². The predicted molar refractivity (Wildman–Crippen MR) is 92.8 cm³/mol. The third-order valence-electron chi connectivity index (χ3n) is 4.42. The van der Waals surface area contributed by atoms with Gasteiger partial charge < -0.3 is 20.6 Å². The minimum Gasteiger partial charge on any atom is -0.481 e. The molecule has 1 aromatic rings. The molecule has 0 radical (unpaired) electrons. The highest BCUT2D eigenvalue weighted by atomic mass is 16.4. The van der Waals surface area contributed by atoms with Crippen molar-refractivity contribution in [3.8, 4) is 0 Å². The Balaban J connectivity index is 1.68. The van der Waals surface area contributed by atoms with Crippen molar-refractivity contribution >= 4 is 17.9 Å². The van der Waals surface area contributed by atoms with E-state index in [0.717, 1.165) is 12.0 Å². The number of aliphatic carboxylic acids is 1. The molecular formula is C18H25N3O4. The third kappa shape index (κ3) is 5.77. The van der Waals surface area contributed by atoms with Crippen molar-refractivity contribution in [2.75, 3.05) is 13.6 Å². The van der Waals surface area contributed by atoms with Crippen LogP contribution < -0.4 is 10.6 Å². The Morgan fingerprint density at radius 3 is 2.60 bits per heavy atom.